The first-order valence-corrected chi connectivity index (χ1v) is 4.24. The first kappa shape index (κ1) is 11.2. The SMILES string of the molecule is O=C(Cl)/C=C/Oc1ccc([N+](=O)[O-])cc1. The van der Waals surface area contributed by atoms with Gasteiger partial charge in [0.15, 0.2) is 0 Å². The molecule has 0 unspecified atom stereocenters. The minimum atomic E-state index is -0.656. The van der Waals surface area contributed by atoms with Gasteiger partial charge in [0.1, 0.15) is 5.75 Å². The Kier molecular flexibility index (Phi) is 3.82. The van der Waals surface area contributed by atoms with Crippen molar-refractivity contribution in [2.24, 2.45) is 0 Å². The molecular weight excluding hydrogens is 222 g/mol. The topological polar surface area (TPSA) is 69.4 Å². The lowest BCUT2D eigenvalue weighted by Gasteiger charge is -1.97. The van der Waals surface area contributed by atoms with Crippen LogP contribution in [0.4, 0.5) is 5.69 Å². The van der Waals surface area contributed by atoms with E-state index in [9.17, 15) is 14.9 Å². The molecule has 0 aliphatic carbocycles. The number of carbonyl (C=O) groups excluding carboxylic acids is 1. The second kappa shape index (κ2) is 5.11. The summed E-state index contributed by atoms with van der Waals surface area (Å²) in [5.41, 5.74) is -0.0280. The third-order valence-electron chi connectivity index (χ3n) is 1.45. The van der Waals surface area contributed by atoms with Gasteiger partial charge in [-0.25, -0.2) is 0 Å². The van der Waals surface area contributed by atoms with Crippen molar-refractivity contribution < 1.29 is 14.5 Å². The van der Waals surface area contributed by atoms with Crippen LogP contribution in [0.25, 0.3) is 0 Å². The molecule has 0 bridgehead atoms. The Bertz CT molecular complexity index is 399. The molecule has 6 heteroatoms. The highest BCUT2D eigenvalue weighted by Gasteiger charge is 2.03. The Morgan fingerprint density at radius 3 is 2.47 bits per heavy atom. The number of allylic oxidation sites excluding steroid dienone is 1. The lowest BCUT2D eigenvalue weighted by molar-refractivity contribution is -0.384. The summed E-state index contributed by atoms with van der Waals surface area (Å²) in [5, 5.41) is 9.65. The molecule has 5 nitrogen and oxygen atoms in total. The van der Waals surface area contributed by atoms with E-state index in [2.05, 4.69) is 0 Å². The number of nitrogens with zero attached hydrogens (tertiary/aromatic N) is 1. The van der Waals surface area contributed by atoms with Crippen molar-refractivity contribution in [2.45, 2.75) is 0 Å². The van der Waals surface area contributed by atoms with Crippen LogP contribution in [-0.2, 0) is 4.79 Å². The van der Waals surface area contributed by atoms with Gasteiger partial charge in [0.25, 0.3) is 5.69 Å². The monoisotopic (exact) mass is 227 g/mol. The van der Waals surface area contributed by atoms with Gasteiger partial charge in [0.2, 0.25) is 5.24 Å². The summed E-state index contributed by atoms with van der Waals surface area (Å²) in [4.78, 5) is 20.1. The van der Waals surface area contributed by atoms with Gasteiger partial charge >= 0.3 is 0 Å². The molecule has 0 saturated heterocycles. The molecule has 1 rings (SSSR count). The van der Waals surface area contributed by atoms with E-state index in [-0.39, 0.29) is 5.69 Å². The van der Waals surface area contributed by atoms with Gasteiger partial charge in [-0.1, -0.05) is 0 Å². The Morgan fingerprint density at radius 2 is 2.00 bits per heavy atom. The zero-order valence-electron chi connectivity index (χ0n) is 7.42. The number of rotatable bonds is 4. The molecule has 0 heterocycles. The number of hydrogen-bond acceptors (Lipinski definition) is 4. The number of carbonyl (C=O) groups is 1. The lowest BCUT2D eigenvalue weighted by atomic mass is 10.3. The van der Waals surface area contributed by atoms with E-state index in [0.29, 0.717) is 5.75 Å². The predicted octanol–water partition coefficient (Wildman–Crippen LogP) is 2.25. The molecule has 0 N–H and O–H groups in total. The maximum Gasteiger partial charge on any atom is 0.269 e. The van der Waals surface area contributed by atoms with Crippen LogP contribution >= 0.6 is 11.6 Å². The summed E-state index contributed by atoms with van der Waals surface area (Å²) < 4.78 is 4.94. The quantitative estimate of drug-likeness (QED) is 0.260. The van der Waals surface area contributed by atoms with Crippen molar-refractivity contribution in [3.05, 3.63) is 46.7 Å². The van der Waals surface area contributed by atoms with E-state index in [4.69, 9.17) is 16.3 Å². The van der Waals surface area contributed by atoms with Crippen LogP contribution in [0.3, 0.4) is 0 Å². The zero-order chi connectivity index (χ0) is 11.3. The van der Waals surface area contributed by atoms with Crippen molar-refractivity contribution in [1.82, 2.24) is 0 Å². The number of nitro groups is 1. The van der Waals surface area contributed by atoms with E-state index in [1.165, 1.54) is 24.3 Å². The fourth-order valence-electron chi connectivity index (χ4n) is 0.813. The van der Waals surface area contributed by atoms with E-state index in [1.54, 1.807) is 0 Å². The molecule has 0 saturated carbocycles. The molecule has 0 fully saturated rings. The molecule has 0 radical (unpaired) electrons. The van der Waals surface area contributed by atoms with Crippen molar-refractivity contribution in [2.75, 3.05) is 0 Å². The van der Waals surface area contributed by atoms with Crippen molar-refractivity contribution in [3.63, 3.8) is 0 Å². The highest BCUT2D eigenvalue weighted by Crippen LogP contribution is 2.17. The summed E-state index contributed by atoms with van der Waals surface area (Å²) in [7, 11) is 0. The predicted molar refractivity (Wildman–Crippen MR) is 53.7 cm³/mol. The average molecular weight is 228 g/mol. The first-order chi connectivity index (χ1) is 7.09. The van der Waals surface area contributed by atoms with Crippen LogP contribution in [0.1, 0.15) is 0 Å². The van der Waals surface area contributed by atoms with Gasteiger partial charge in [-0.2, -0.15) is 0 Å². The Balaban J connectivity index is 2.65. The highest BCUT2D eigenvalue weighted by atomic mass is 35.5. The Morgan fingerprint density at radius 1 is 1.40 bits per heavy atom. The maximum atomic E-state index is 10.3. The minimum Gasteiger partial charge on any atom is -0.465 e. The third kappa shape index (κ3) is 3.78. The summed E-state index contributed by atoms with van der Waals surface area (Å²) in [5.74, 6) is 0.384. The first-order valence-electron chi connectivity index (χ1n) is 3.87. The van der Waals surface area contributed by atoms with Crippen molar-refractivity contribution in [3.8, 4) is 5.75 Å². The molecule has 15 heavy (non-hydrogen) atoms. The Labute approximate surface area is 90.1 Å². The number of non-ortho nitro benzene ring substituents is 1. The van der Waals surface area contributed by atoms with E-state index in [1.807, 2.05) is 0 Å². The van der Waals surface area contributed by atoms with E-state index in [0.717, 1.165) is 12.3 Å². The standard InChI is InChI=1S/C9H6ClNO4/c10-9(12)5-6-15-8-3-1-7(2-4-8)11(13)14/h1-6H/b6-5+. The van der Waals surface area contributed by atoms with Crippen LogP contribution in [0.15, 0.2) is 36.6 Å². The average Bonchev–Trinajstić information content (AvgIpc) is 2.18. The highest BCUT2D eigenvalue weighted by molar-refractivity contribution is 6.66. The second-order valence-electron chi connectivity index (χ2n) is 2.48. The third-order valence-corrected chi connectivity index (χ3v) is 1.58. The van der Waals surface area contributed by atoms with Crippen LogP contribution in [0.2, 0.25) is 0 Å². The molecule has 78 valence electrons. The number of halogens is 1. The largest absolute Gasteiger partial charge is 0.465 e. The van der Waals surface area contributed by atoms with E-state index >= 15 is 0 Å². The lowest BCUT2D eigenvalue weighted by Crippen LogP contribution is -1.88. The van der Waals surface area contributed by atoms with Crippen molar-refractivity contribution in [1.29, 1.82) is 0 Å². The van der Waals surface area contributed by atoms with Gasteiger partial charge in [0.05, 0.1) is 11.2 Å². The molecule has 0 aliphatic heterocycles. The summed E-state index contributed by atoms with van der Waals surface area (Å²) in [6.45, 7) is 0. The van der Waals surface area contributed by atoms with Crippen LogP contribution < -0.4 is 4.74 Å². The summed E-state index contributed by atoms with van der Waals surface area (Å²) in [6.07, 6.45) is 2.14. The van der Waals surface area contributed by atoms with Gasteiger partial charge in [-0.05, 0) is 23.7 Å². The molecule has 0 spiro atoms. The summed E-state index contributed by atoms with van der Waals surface area (Å²) >= 11 is 5.02. The van der Waals surface area contributed by atoms with Crippen LogP contribution in [0, 0.1) is 10.1 Å². The normalized spacial score (nSPS) is 10.2. The molecule has 0 amide bonds. The molecule has 0 aromatic heterocycles. The minimum absolute atomic E-state index is 0.0280. The van der Waals surface area contributed by atoms with Crippen LogP contribution in [0.5, 0.6) is 5.75 Å². The zero-order valence-corrected chi connectivity index (χ0v) is 8.18. The van der Waals surface area contributed by atoms with Gasteiger partial charge in [-0.15, -0.1) is 0 Å². The number of ether oxygens (including phenoxy) is 1. The molecule has 1 aromatic carbocycles. The van der Waals surface area contributed by atoms with Gasteiger partial charge in [-0.3, -0.25) is 14.9 Å². The van der Waals surface area contributed by atoms with Gasteiger partial charge < -0.3 is 4.74 Å². The fourth-order valence-corrected chi connectivity index (χ4v) is 0.864. The number of nitro benzene ring substituents is 1. The molecule has 0 atom stereocenters. The van der Waals surface area contributed by atoms with E-state index < -0.39 is 10.2 Å². The van der Waals surface area contributed by atoms with Gasteiger partial charge in [0, 0.05) is 18.2 Å². The summed E-state index contributed by atoms with van der Waals surface area (Å²) in [6, 6.07) is 5.43. The maximum absolute atomic E-state index is 10.3. The molecular formula is C9H6ClNO4. The number of benzene rings is 1. The Hall–Kier alpha value is -1.88. The second-order valence-corrected chi connectivity index (χ2v) is 2.85. The smallest absolute Gasteiger partial charge is 0.269 e. The van der Waals surface area contributed by atoms with Crippen LogP contribution in [-0.4, -0.2) is 10.2 Å². The molecule has 1 aromatic rings. The molecule has 0 aliphatic rings. The number of hydrogen-bond donors (Lipinski definition) is 0. The fraction of sp³-hybridized carbons (Fsp3) is 0. The van der Waals surface area contributed by atoms with Crippen molar-refractivity contribution >= 4 is 22.5 Å².